The van der Waals surface area contributed by atoms with E-state index in [2.05, 4.69) is 13.1 Å². The van der Waals surface area contributed by atoms with E-state index >= 15 is 0 Å². The lowest BCUT2D eigenvalue weighted by Gasteiger charge is -2.18. The maximum absolute atomic E-state index is 9.93. The molecule has 2 rings (SSSR count). The molecule has 0 aliphatic rings. The standard InChI is InChI=1S/C15H19NO2Si/c1-18-14-13(17)9-8-12(15(14)19(2)3)10-4-6-11(16)7-5-10/h4-9,17,19H,16H2,1-3H3. The molecule has 3 N–H and O–H groups in total. The number of hydrogen-bond donors (Lipinski definition) is 2. The third-order valence-electron chi connectivity index (χ3n) is 3.18. The van der Waals surface area contributed by atoms with Crippen LogP contribution in [0.5, 0.6) is 11.5 Å². The number of nitrogens with two attached hydrogens (primary N) is 1. The average Bonchev–Trinajstić information content (AvgIpc) is 2.39. The summed E-state index contributed by atoms with van der Waals surface area (Å²) in [7, 11) is 0.448. The first kappa shape index (κ1) is 13.5. The number of anilines is 1. The van der Waals surface area contributed by atoms with E-state index in [0.29, 0.717) is 5.75 Å². The van der Waals surface area contributed by atoms with Crippen molar-refractivity contribution in [2.45, 2.75) is 13.1 Å². The van der Waals surface area contributed by atoms with Crippen LogP contribution in [-0.2, 0) is 0 Å². The van der Waals surface area contributed by atoms with Crippen LogP contribution < -0.4 is 15.7 Å². The summed E-state index contributed by atoms with van der Waals surface area (Å²) in [6.45, 7) is 4.44. The van der Waals surface area contributed by atoms with E-state index in [-0.39, 0.29) is 5.75 Å². The summed E-state index contributed by atoms with van der Waals surface area (Å²) in [5.74, 6) is 0.814. The van der Waals surface area contributed by atoms with Gasteiger partial charge in [0.2, 0.25) is 0 Å². The molecular formula is C15H19NO2Si. The molecule has 2 aromatic carbocycles. The predicted molar refractivity (Wildman–Crippen MR) is 83.0 cm³/mol. The van der Waals surface area contributed by atoms with Crippen LogP contribution in [0.3, 0.4) is 0 Å². The maximum atomic E-state index is 9.93. The molecular weight excluding hydrogens is 254 g/mol. The van der Waals surface area contributed by atoms with Crippen LogP contribution in [0.2, 0.25) is 13.1 Å². The molecule has 100 valence electrons. The second-order valence-electron chi connectivity index (χ2n) is 4.86. The average molecular weight is 273 g/mol. The van der Waals surface area contributed by atoms with Gasteiger partial charge >= 0.3 is 0 Å². The van der Waals surface area contributed by atoms with Gasteiger partial charge in [-0.2, -0.15) is 0 Å². The molecule has 0 heterocycles. The molecule has 3 nitrogen and oxygen atoms in total. The van der Waals surface area contributed by atoms with Crippen molar-refractivity contribution in [2.24, 2.45) is 0 Å². The van der Waals surface area contributed by atoms with E-state index in [9.17, 15) is 5.11 Å². The van der Waals surface area contributed by atoms with Gasteiger partial charge < -0.3 is 15.6 Å². The lowest BCUT2D eigenvalue weighted by molar-refractivity contribution is 0.376. The predicted octanol–water partition coefficient (Wildman–Crippen LogP) is 2.34. The van der Waals surface area contributed by atoms with Crippen molar-refractivity contribution in [2.75, 3.05) is 12.8 Å². The Morgan fingerprint density at radius 3 is 2.21 bits per heavy atom. The van der Waals surface area contributed by atoms with Crippen molar-refractivity contribution in [1.82, 2.24) is 0 Å². The summed E-state index contributed by atoms with van der Waals surface area (Å²) in [5.41, 5.74) is 8.70. The smallest absolute Gasteiger partial charge is 0.159 e. The highest BCUT2D eigenvalue weighted by molar-refractivity contribution is 6.73. The zero-order chi connectivity index (χ0) is 14.0. The second-order valence-corrected chi connectivity index (χ2v) is 7.74. The molecule has 0 saturated carbocycles. The molecule has 0 aromatic heterocycles. The largest absolute Gasteiger partial charge is 0.504 e. The van der Waals surface area contributed by atoms with Gasteiger partial charge in [-0.25, -0.2) is 0 Å². The van der Waals surface area contributed by atoms with Gasteiger partial charge in [-0.05, 0) is 34.5 Å². The normalized spacial score (nSPS) is 10.7. The first-order valence-electron chi connectivity index (χ1n) is 6.30. The fourth-order valence-electron chi connectivity index (χ4n) is 2.29. The summed E-state index contributed by atoms with van der Waals surface area (Å²) in [4.78, 5) is 0. The third-order valence-corrected chi connectivity index (χ3v) is 4.91. The van der Waals surface area contributed by atoms with Crippen molar-refractivity contribution >= 4 is 19.7 Å². The number of hydrogen-bond acceptors (Lipinski definition) is 3. The number of methoxy groups -OCH3 is 1. The SMILES string of the molecule is COc1c(O)ccc(-c2ccc(N)cc2)c1[SiH](C)C. The number of phenolic OH excluding ortho intramolecular Hbond substituents is 1. The molecule has 0 bridgehead atoms. The zero-order valence-corrected chi connectivity index (χ0v) is 12.6. The van der Waals surface area contributed by atoms with Gasteiger partial charge in [-0.3, -0.25) is 0 Å². The highest BCUT2D eigenvalue weighted by Gasteiger charge is 2.18. The highest BCUT2D eigenvalue weighted by Crippen LogP contribution is 2.30. The van der Waals surface area contributed by atoms with Crippen LogP contribution in [-0.4, -0.2) is 21.0 Å². The second kappa shape index (κ2) is 5.36. The summed E-state index contributed by atoms with van der Waals surface area (Å²) in [6.07, 6.45) is 0. The summed E-state index contributed by atoms with van der Waals surface area (Å²) < 4.78 is 5.38. The van der Waals surface area contributed by atoms with Crippen LogP contribution in [0, 0.1) is 0 Å². The maximum Gasteiger partial charge on any atom is 0.159 e. The summed E-state index contributed by atoms with van der Waals surface area (Å²) in [5, 5.41) is 11.1. The topological polar surface area (TPSA) is 55.5 Å². The third kappa shape index (κ3) is 2.58. The van der Waals surface area contributed by atoms with E-state index in [1.54, 1.807) is 13.2 Å². The quantitative estimate of drug-likeness (QED) is 0.666. The molecule has 0 fully saturated rings. The Labute approximate surface area is 115 Å². The van der Waals surface area contributed by atoms with Gasteiger partial charge in [-0.15, -0.1) is 0 Å². The van der Waals surface area contributed by atoms with E-state index in [0.717, 1.165) is 22.0 Å². The summed E-state index contributed by atoms with van der Waals surface area (Å²) in [6, 6.07) is 11.4. The Morgan fingerprint density at radius 1 is 1.05 bits per heavy atom. The van der Waals surface area contributed by atoms with Crippen LogP contribution >= 0.6 is 0 Å². The minimum atomic E-state index is -1.15. The minimum Gasteiger partial charge on any atom is -0.504 e. The van der Waals surface area contributed by atoms with Crippen molar-refractivity contribution in [3.05, 3.63) is 36.4 Å². The van der Waals surface area contributed by atoms with Crippen LogP contribution in [0.15, 0.2) is 36.4 Å². The van der Waals surface area contributed by atoms with Crippen LogP contribution in [0.1, 0.15) is 0 Å². The Hall–Kier alpha value is -1.94. The number of phenols is 1. The Morgan fingerprint density at radius 2 is 1.68 bits per heavy atom. The van der Waals surface area contributed by atoms with Crippen LogP contribution in [0.4, 0.5) is 5.69 Å². The van der Waals surface area contributed by atoms with Gasteiger partial charge in [0.1, 0.15) is 0 Å². The molecule has 0 unspecified atom stereocenters. The van der Waals surface area contributed by atoms with Gasteiger partial charge in [0, 0.05) is 5.69 Å². The minimum absolute atomic E-state index is 0.206. The van der Waals surface area contributed by atoms with Gasteiger partial charge in [0.25, 0.3) is 0 Å². The number of ether oxygens (including phenoxy) is 1. The first-order valence-corrected chi connectivity index (χ1v) is 9.19. The van der Waals surface area contributed by atoms with Crippen molar-refractivity contribution in [3.8, 4) is 22.6 Å². The summed E-state index contributed by atoms with van der Waals surface area (Å²) >= 11 is 0. The molecule has 0 spiro atoms. The Balaban J connectivity index is 2.66. The zero-order valence-electron chi connectivity index (χ0n) is 11.5. The molecule has 2 aromatic rings. The van der Waals surface area contributed by atoms with Crippen LogP contribution in [0.25, 0.3) is 11.1 Å². The van der Waals surface area contributed by atoms with E-state index in [1.807, 2.05) is 30.3 Å². The number of benzene rings is 2. The Bertz CT molecular complexity index is 579. The number of rotatable bonds is 3. The molecule has 4 heteroatoms. The van der Waals surface area contributed by atoms with E-state index in [4.69, 9.17) is 10.5 Å². The molecule has 0 radical (unpaired) electrons. The van der Waals surface area contributed by atoms with Crippen molar-refractivity contribution in [3.63, 3.8) is 0 Å². The molecule has 0 aliphatic carbocycles. The van der Waals surface area contributed by atoms with E-state index < -0.39 is 8.80 Å². The fourth-order valence-corrected chi connectivity index (χ4v) is 3.97. The Kier molecular flexibility index (Phi) is 3.81. The molecule has 0 atom stereocenters. The monoisotopic (exact) mass is 273 g/mol. The van der Waals surface area contributed by atoms with Gasteiger partial charge in [0.05, 0.1) is 15.9 Å². The van der Waals surface area contributed by atoms with Gasteiger partial charge in [-0.1, -0.05) is 31.3 Å². The van der Waals surface area contributed by atoms with Crippen molar-refractivity contribution < 1.29 is 9.84 Å². The molecule has 19 heavy (non-hydrogen) atoms. The highest BCUT2D eigenvalue weighted by atomic mass is 28.3. The number of nitrogen functional groups attached to an aromatic ring is 1. The molecule has 0 amide bonds. The number of aromatic hydroxyl groups is 1. The fraction of sp³-hybridized carbons (Fsp3) is 0.200. The first-order chi connectivity index (χ1) is 9.04. The molecule has 0 saturated heterocycles. The lowest BCUT2D eigenvalue weighted by Crippen LogP contribution is -2.27. The molecule has 0 aliphatic heterocycles. The van der Waals surface area contributed by atoms with E-state index in [1.165, 1.54) is 0 Å². The van der Waals surface area contributed by atoms with Crippen molar-refractivity contribution in [1.29, 1.82) is 0 Å². The lowest BCUT2D eigenvalue weighted by atomic mass is 10.0. The van der Waals surface area contributed by atoms with Gasteiger partial charge in [0.15, 0.2) is 11.5 Å².